The molecule has 6 bridgehead atoms. The molecule has 6 heterocycles. The quantitative estimate of drug-likeness (QED) is 0.221. The van der Waals surface area contributed by atoms with Gasteiger partial charge in [0.05, 0.1) is 41.9 Å². The van der Waals surface area contributed by atoms with Crippen molar-refractivity contribution in [3.63, 3.8) is 0 Å². The lowest BCUT2D eigenvalue weighted by Crippen LogP contribution is -2.61. The number of rotatable bonds is 7. The number of nitrogens with zero attached hydrogens (tertiary/aromatic N) is 6. The van der Waals surface area contributed by atoms with Crippen molar-refractivity contribution < 1.29 is 28.7 Å². The van der Waals surface area contributed by atoms with Crippen LogP contribution < -0.4 is 15.6 Å². The maximum absolute atomic E-state index is 14.5. The first-order valence-electron chi connectivity index (χ1n) is 23.2. The Kier molecular flexibility index (Phi) is 13.5. The van der Waals surface area contributed by atoms with E-state index in [4.69, 9.17) is 14.5 Å². The smallest absolute Gasteiger partial charge is 0.324 e. The highest BCUT2D eigenvalue weighted by Gasteiger charge is 2.37. The molecule has 64 heavy (non-hydrogen) atoms. The fourth-order valence-electron chi connectivity index (χ4n) is 10.0. The summed E-state index contributed by atoms with van der Waals surface area (Å²) < 4.78 is 14.6. The molecule has 4 aliphatic rings. The molecule has 0 spiro atoms. The van der Waals surface area contributed by atoms with Gasteiger partial charge in [0.1, 0.15) is 12.1 Å². The van der Waals surface area contributed by atoms with Crippen LogP contribution in [0.5, 0.6) is 0 Å². The van der Waals surface area contributed by atoms with Crippen molar-refractivity contribution in [3.05, 3.63) is 71.5 Å². The molecular weight excluding hydrogens is 809 g/mol. The van der Waals surface area contributed by atoms with Crippen LogP contribution in [-0.4, -0.2) is 127 Å². The van der Waals surface area contributed by atoms with Crippen LogP contribution >= 0.6 is 0 Å². The minimum Gasteiger partial charge on any atom is -0.464 e. The Balaban J connectivity index is 1.24. The SMILES string of the molecule is CCn1c(-c2cc(N3CCN(C)CC3)cnc2[C@H](C)OC)c2c3cc(ccc31)-c1cccc(c1)C[C@H](NC(=O)[C@@H]1CCCN(C(C)=O)C1)C(=O)N1CCC[C@H](N1)C(=O)OCC(C)(C)C2. The Morgan fingerprint density at radius 3 is 2.52 bits per heavy atom. The number of ether oxygens (including phenoxy) is 2. The van der Waals surface area contributed by atoms with Crippen molar-refractivity contribution in [2.45, 2.75) is 97.9 Å². The molecule has 4 atom stereocenters. The van der Waals surface area contributed by atoms with E-state index >= 15 is 0 Å². The Bertz CT molecular complexity index is 2390. The van der Waals surface area contributed by atoms with E-state index in [1.54, 1.807) is 12.0 Å². The van der Waals surface area contributed by atoms with E-state index < -0.39 is 29.4 Å². The number of methoxy groups -OCH3 is 1. The van der Waals surface area contributed by atoms with Crippen molar-refractivity contribution in [3.8, 4) is 22.4 Å². The number of esters is 1. The van der Waals surface area contributed by atoms with Gasteiger partial charge in [0.15, 0.2) is 0 Å². The number of amides is 3. The first-order chi connectivity index (χ1) is 30.7. The van der Waals surface area contributed by atoms with Crippen LogP contribution in [0.15, 0.2) is 54.7 Å². The van der Waals surface area contributed by atoms with Gasteiger partial charge in [0.25, 0.3) is 5.91 Å². The van der Waals surface area contributed by atoms with E-state index in [-0.39, 0.29) is 36.9 Å². The summed E-state index contributed by atoms with van der Waals surface area (Å²) in [7, 11) is 3.89. The van der Waals surface area contributed by atoms with Gasteiger partial charge in [0, 0.05) is 94.7 Å². The zero-order chi connectivity index (χ0) is 45.3. The highest BCUT2D eigenvalue weighted by molar-refractivity contribution is 5.96. The average molecular weight is 875 g/mol. The number of hydrazine groups is 1. The summed E-state index contributed by atoms with van der Waals surface area (Å²) in [5.41, 5.74) is 11.9. The van der Waals surface area contributed by atoms with E-state index in [1.165, 1.54) is 11.9 Å². The summed E-state index contributed by atoms with van der Waals surface area (Å²) >= 11 is 0. The van der Waals surface area contributed by atoms with Crippen LogP contribution in [0.1, 0.15) is 83.2 Å². The summed E-state index contributed by atoms with van der Waals surface area (Å²) in [6.45, 7) is 16.0. The molecule has 0 radical (unpaired) electrons. The second-order valence-electron chi connectivity index (χ2n) is 19.1. The fraction of sp³-hybridized carbons (Fsp3) is 0.540. The molecule has 14 heteroatoms. The number of aromatic nitrogens is 2. The molecule has 3 amide bonds. The number of likely N-dealkylation sites (N-methyl/N-ethyl adjacent to an activating group) is 1. The van der Waals surface area contributed by atoms with Crippen LogP contribution in [0.25, 0.3) is 33.3 Å². The lowest BCUT2D eigenvalue weighted by Gasteiger charge is -2.36. The topological polar surface area (TPSA) is 142 Å². The third-order valence-corrected chi connectivity index (χ3v) is 13.8. The van der Waals surface area contributed by atoms with E-state index in [0.29, 0.717) is 51.9 Å². The number of anilines is 1. The molecule has 2 aromatic heterocycles. The maximum atomic E-state index is 14.5. The van der Waals surface area contributed by atoms with E-state index in [1.807, 2.05) is 25.3 Å². The van der Waals surface area contributed by atoms with Gasteiger partial charge in [-0.1, -0.05) is 44.2 Å². The number of carbonyl (C=O) groups excluding carboxylic acids is 4. The summed E-state index contributed by atoms with van der Waals surface area (Å²) in [5.74, 6) is -1.47. The molecule has 2 N–H and O–H groups in total. The lowest BCUT2D eigenvalue weighted by atomic mass is 9.84. The van der Waals surface area contributed by atoms with Gasteiger partial charge in [-0.15, -0.1) is 0 Å². The standard InChI is InChI=1S/C50H66N8O6/c1-8-57-44-17-16-36-26-39(44)41(46(57)40-27-38(29-51-45(40)32(2)63-7)55-22-20-54(6)21-23-55)28-50(4,5)31-64-49(62)42-15-11-19-58(53-42)48(61)43(25-34-12-9-13-35(36)24-34)52-47(60)37-14-10-18-56(30-37)33(3)59/h9,12-13,16-17,24,26-27,29,32,37,42-43,53H,8,10-11,14-15,18-23,25,28,30-31H2,1-7H3,(H,52,60)/t32-,37+,42-,43-/m0/s1. The van der Waals surface area contributed by atoms with Gasteiger partial charge in [-0.05, 0) is 93.5 Å². The molecule has 14 nitrogen and oxygen atoms in total. The third kappa shape index (κ3) is 9.55. The minimum absolute atomic E-state index is 0.0638. The molecule has 4 aromatic rings. The third-order valence-electron chi connectivity index (χ3n) is 13.8. The summed E-state index contributed by atoms with van der Waals surface area (Å²) in [6.07, 6.45) is 5.03. The molecule has 3 saturated heterocycles. The van der Waals surface area contributed by atoms with Gasteiger partial charge in [-0.2, -0.15) is 0 Å². The van der Waals surface area contributed by atoms with Gasteiger partial charge in [0.2, 0.25) is 11.8 Å². The van der Waals surface area contributed by atoms with Gasteiger partial charge < -0.3 is 34.1 Å². The van der Waals surface area contributed by atoms with Crippen molar-refractivity contribution in [1.82, 2.24) is 35.1 Å². The van der Waals surface area contributed by atoms with Crippen LogP contribution in [0.4, 0.5) is 5.69 Å². The molecule has 0 aliphatic carbocycles. The maximum Gasteiger partial charge on any atom is 0.324 e. The molecule has 3 fully saturated rings. The number of fused-ring (bicyclic) bond motifs is 6. The van der Waals surface area contributed by atoms with Crippen LogP contribution in [0.3, 0.4) is 0 Å². The average Bonchev–Trinajstić information content (AvgIpc) is 3.61. The first kappa shape index (κ1) is 45.3. The molecule has 0 unspecified atom stereocenters. The zero-order valence-corrected chi connectivity index (χ0v) is 38.7. The Morgan fingerprint density at radius 2 is 1.77 bits per heavy atom. The van der Waals surface area contributed by atoms with Gasteiger partial charge >= 0.3 is 5.97 Å². The van der Waals surface area contributed by atoms with E-state index in [9.17, 15) is 19.2 Å². The molecule has 0 saturated carbocycles. The molecule has 4 aliphatic heterocycles. The number of nitrogens with one attached hydrogen (secondary N) is 2. The Labute approximate surface area is 377 Å². The first-order valence-corrected chi connectivity index (χ1v) is 23.2. The highest BCUT2D eigenvalue weighted by atomic mass is 16.5. The van der Waals surface area contributed by atoms with Crippen molar-refractivity contribution >= 4 is 40.3 Å². The number of likely N-dealkylation sites (tertiary alicyclic amines) is 1. The number of pyridine rings is 1. The largest absolute Gasteiger partial charge is 0.464 e. The van der Waals surface area contributed by atoms with Crippen molar-refractivity contribution in [1.29, 1.82) is 0 Å². The second-order valence-corrected chi connectivity index (χ2v) is 19.1. The van der Waals surface area contributed by atoms with Gasteiger partial charge in [-0.25, -0.2) is 5.43 Å². The summed E-state index contributed by atoms with van der Waals surface area (Å²) in [5, 5.41) is 5.70. The summed E-state index contributed by atoms with van der Waals surface area (Å²) in [4.78, 5) is 66.2. The molecule has 8 rings (SSSR count). The second kappa shape index (κ2) is 19.0. The predicted molar refractivity (Wildman–Crippen MR) is 248 cm³/mol. The Hall–Kier alpha value is -5.31. The lowest BCUT2D eigenvalue weighted by molar-refractivity contribution is -0.155. The van der Waals surface area contributed by atoms with E-state index in [2.05, 4.69) is 89.3 Å². The predicted octanol–water partition coefficient (Wildman–Crippen LogP) is 5.76. The van der Waals surface area contributed by atoms with Gasteiger partial charge in [-0.3, -0.25) is 29.2 Å². The number of aryl methyl sites for hydroxylation is 1. The number of carbonyl (C=O) groups is 4. The van der Waals surface area contributed by atoms with Crippen LogP contribution in [0, 0.1) is 11.3 Å². The van der Waals surface area contributed by atoms with Crippen LogP contribution in [0.2, 0.25) is 0 Å². The van der Waals surface area contributed by atoms with E-state index in [0.717, 1.165) is 88.4 Å². The molecule has 342 valence electrons. The normalized spacial score (nSPS) is 22.8. The van der Waals surface area contributed by atoms with Crippen molar-refractivity contribution in [2.75, 3.05) is 71.5 Å². The number of piperidine rings is 1. The molecular formula is C50H66N8O6. The summed E-state index contributed by atoms with van der Waals surface area (Å²) in [6, 6.07) is 15.5. The van der Waals surface area contributed by atoms with Crippen molar-refractivity contribution in [2.24, 2.45) is 11.3 Å². The zero-order valence-electron chi connectivity index (χ0n) is 38.7. The monoisotopic (exact) mass is 875 g/mol. The minimum atomic E-state index is -0.912. The van der Waals surface area contributed by atoms with Crippen LogP contribution in [-0.2, 0) is 48.0 Å². The number of hydrogen-bond acceptors (Lipinski definition) is 10. The fourth-order valence-corrected chi connectivity index (χ4v) is 10.0. The number of piperazine rings is 1. The number of cyclic esters (lactones) is 1. The number of benzene rings is 2. The number of hydrogen-bond donors (Lipinski definition) is 2. The highest BCUT2D eigenvalue weighted by Crippen LogP contribution is 2.43. The Morgan fingerprint density at radius 1 is 1.00 bits per heavy atom. The molecule has 2 aromatic carbocycles.